The van der Waals surface area contributed by atoms with E-state index in [9.17, 15) is 17.6 Å². The molecule has 104 valence electrons. The molecule has 0 aromatic heterocycles. The number of carbonyl (C=O) groups excluding carboxylic acids is 1. The average Bonchev–Trinajstić information content (AvgIpc) is 2.30. The molecule has 19 heavy (non-hydrogen) atoms. The summed E-state index contributed by atoms with van der Waals surface area (Å²) in [5.74, 6) is -1.24. The summed E-state index contributed by atoms with van der Waals surface area (Å²) in [5.41, 5.74) is 0.893. The zero-order chi connectivity index (χ0) is 14.0. The number of aryl methyl sites for hydroxylation is 1. The number of sulfonamides is 1. The molecule has 1 amide bonds. The summed E-state index contributed by atoms with van der Waals surface area (Å²) in [6.45, 7) is 0. The van der Waals surface area contributed by atoms with E-state index in [4.69, 9.17) is 11.6 Å². The third-order valence-electron chi connectivity index (χ3n) is 2.70. The second-order valence-corrected chi connectivity index (χ2v) is 6.37. The predicted octanol–water partition coefficient (Wildman–Crippen LogP) is 1.69. The van der Waals surface area contributed by atoms with Crippen molar-refractivity contribution in [2.75, 3.05) is 21.7 Å². The van der Waals surface area contributed by atoms with Crippen LogP contribution < -0.4 is 10.0 Å². The van der Waals surface area contributed by atoms with Crippen LogP contribution in [-0.2, 0) is 21.2 Å². The number of hydrogen-bond acceptors (Lipinski definition) is 3. The third kappa shape index (κ3) is 3.36. The van der Waals surface area contributed by atoms with Crippen molar-refractivity contribution >= 4 is 38.9 Å². The first kappa shape index (κ1) is 14.1. The number of hydrogen-bond donors (Lipinski definition) is 2. The number of carbonyl (C=O) groups is 1. The lowest BCUT2D eigenvalue weighted by atomic mass is 10.0. The quantitative estimate of drug-likeness (QED) is 0.831. The molecule has 8 heteroatoms. The van der Waals surface area contributed by atoms with E-state index in [0.717, 1.165) is 0 Å². The number of fused-ring (bicyclic) bond motifs is 1. The van der Waals surface area contributed by atoms with Gasteiger partial charge in [0.25, 0.3) is 0 Å². The van der Waals surface area contributed by atoms with Crippen molar-refractivity contribution in [2.24, 2.45) is 0 Å². The van der Waals surface area contributed by atoms with Crippen LogP contribution in [-0.4, -0.2) is 26.0 Å². The van der Waals surface area contributed by atoms with Crippen LogP contribution in [0.5, 0.6) is 0 Å². The van der Waals surface area contributed by atoms with Crippen LogP contribution in [0.1, 0.15) is 12.0 Å². The lowest BCUT2D eigenvalue weighted by Crippen LogP contribution is -2.21. The van der Waals surface area contributed by atoms with Gasteiger partial charge in [-0.05, 0) is 24.1 Å². The van der Waals surface area contributed by atoms with Crippen molar-refractivity contribution < 1.29 is 17.6 Å². The molecule has 1 heterocycles. The van der Waals surface area contributed by atoms with Crippen LogP contribution in [0.4, 0.5) is 15.8 Å². The van der Waals surface area contributed by atoms with Crippen LogP contribution >= 0.6 is 11.6 Å². The molecule has 1 aliphatic heterocycles. The summed E-state index contributed by atoms with van der Waals surface area (Å²) in [6, 6.07) is 2.51. The second-order valence-electron chi connectivity index (χ2n) is 4.15. The van der Waals surface area contributed by atoms with E-state index in [2.05, 4.69) is 10.0 Å². The molecule has 0 atom stereocenters. The van der Waals surface area contributed by atoms with E-state index in [0.29, 0.717) is 24.1 Å². The number of halogens is 2. The molecule has 5 nitrogen and oxygen atoms in total. The van der Waals surface area contributed by atoms with Crippen molar-refractivity contribution in [3.8, 4) is 0 Å². The largest absolute Gasteiger partial charge is 0.326 e. The zero-order valence-electron chi connectivity index (χ0n) is 9.87. The SMILES string of the molecule is O=C1CCc2cc(F)c(NS(=O)(=O)CCCl)cc2N1. The highest BCUT2D eigenvalue weighted by Gasteiger charge is 2.19. The van der Waals surface area contributed by atoms with Gasteiger partial charge in [-0.2, -0.15) is 0 Å². The van der Waals surface area contributed by atoms with Gasteiger partial charge in [-0.15, -0.1) is 11.6 Å². The van der Waals surface area contributed by atoms with Crippen LogP contribution in [0.2, 0.25) is 0 Å². The Kier molecular flexibility index (Phi) is 3.96. The highest BCUT2D eigenvalue weighted by molar-refractivity contribution is 7.92. The summed E-state index contributed by atoms with van der Waals surface area (Å²) in [4.78, 5) is 11.2. The van der Waals surface area contributed by atoms with Gasteiger partial charge < -0.3 is 5.32 Å². The lowest BCUT2D eigenvalue weighted by molar-refractivity contribution is -0.116. The number of nitrogens with one attached hydrogen (secondary N) is 2. The van der Waals surface area contributed by atoms with Crippen LogP contribution in [0, 0.1) is 5.82 Å². The Balaban J connectivity index is 2.32. The highest BCUT2D eigenvalue weighted by atomic mass is 35.5. The fourth-order valence-corrected chi connectivity index (χ4v) is 3.20. The Morgan fingerprint density at radius 3 is 2.79 bits per heavy atom. The van der Waals surface area contributed by atoms with Gasteiger partial charge in [-0.3, -0.25) is 9.52 Å². The molecule has 0 spiro atoms. The minimum atomic E-state index is -3.68. The lowest BCUT2D eigenvalue weighted by Gasteiger charge is -2.18. The fraction of sp³-hybridized carbons (Fsp3) is 0.364. The first-order chi connectivity index (χ1) is 8.91. The maximum Gasteiger partial charge on any atom is 0.233 e. The van der Waals surface area contributed by atoms with Gasteiger partial charge >= 0.3 is 0 Å². The molecular weight excluding hydrogens is 295 g/mol. The highest BCUT2D eigenvalue weighted by Crippen LogP contribution is 2.29. The molecule has 0 fully saturated rings. The molecule has 0 bridgehead atoms. The average molecular weight is 307 g/mol. The summed E-state index contributed by atoms with van der Waals surface area (Å²) < 4.78 is 39.0. The number of alkyl halides is 1. The van der Waals surface area contributed by atoms with Crippen LogP contribution in [0.25, 0.3) is 0 Å². The van der Waals surface area contributed by atoms with Gasteiger partial charge in [0.1, 0.15) is 5.82 Å². The van der Waals surface area contributed by atoms with Gasteiger partial charge in [0.05, 0.1) is 11.4 Å². The van der Waals surface area contributed by atoms with Crippen LogP contribution in [0.15, 0.2) is 12.1 Å². The summed E-state index contributed by atoms with van der Waals surface area (Å²) in [5, 5.41) is 2.58. The van der Waals surface area contributed by atoms with Gasteiger partial charge in [0.2, 0.25) is 15.9 Å². The molecule has 0 radical (unpaired) electrons. The first-order valence-electron chi connectivity index (χ1n) is 5.60. The predicted molar refractivity (Wildman–Crippen MR) is 71.5 cm³/mol. The van der Waals surface area contributed by atoms with E-state index in [-0.39, 0.29) is 23.2 Å². The van der Waals surface area contributed by atoms with Crippen molar-refractivity contribution in [3.05, 3.63) is 23.5 Å². The molecule has 0 aliphatic carbocycles. The van der Waals surface area contributed by atoms with Crippen LogP contribution in [0.3, 0.4) is 0 Å². The molecule has 2 rings (SSSR count). The standard InChI is InChI=1S/C11H12ClFN2O3S/c12-3-4-19(17,18)15-10-6-9-7(5-8(10)13)1-2-11(16)14-9/h5-6,15H,1-4H2,(H,14,16). The van der Waals surface area contributed by atoms with Crippen molar-refractivity contribution in [3.63, 3.8) is 0 Å². The molecule has 0 saturated heterocycles. The van der Waals surface area contributed by atoms with E-state index in [1.165, 1.54) is 12.1 Å². The smallest absolute Gasteiger partial charge is 0.233 e. The second kappa shape index (κ2) is 5.34. The summed E-state index contributed by atoms with van der Waals surface area (Å²) in [6.07, 6.45) is 0.733. The Bertz CT molecular complexity index is 619. The van der Waals surface area contributed by atoms with Gasteiger partial charge in [-0.1, -0.05) is 0 Å². The number of amides is 1. The normalized spacial score (nSPS) is 14.7. The fourth-order valence-electron chi connectivity index (χ4n) is 1.80. The molecule has 0 unspecified atom stereocenters. The number of anilines is 2. The molecule has 0 saturated carbocycles. The Labute approximate surface area is 115 Å². The van der Waals surface area contributed by atoms with Gasteiger partial charge in [-0.25, -0.2) is 12.8 Å². The molecule has 2 N–H and O–H groups in total. The Hall–Kier alpha value is -1.34. The maximum atomic E-state index is 13.8. The van der Waals surface area contributed by atoms with E-state index < -0.39 is 15.8 Å². The number of benzene rings is 1. The molecular formula is C11H12ClFN2O3S. The van der Waals surface area contributed by atoms with Crippen molar-refractivity contribution in [1.82, 2.24) is 0 Å². The van der Waals surface area contributed by atoms with Gasteiger partial charge in [0.15, 0.2) is 0 Å². The summed E-state index contributed by atoms with van der Waals surface area (Å²) in [7, 11) is -3.68. The van der Waals surface area contributed by atoms with Crippen molar-refractivity contribution in [1.29, 1.82) is 0 Å². The van der Waals surface area contributed by atoms with E-state index >= 15 is 0 Å². The minimum Gasteiger partial charge on any atom is -0.326 e. The third-order valence-corrected chi connectivity index (χ3v) is 4.39. The molecule has 1 aliphatic rings. The van der Waals surface area contributed by atoms with E-state index in [1.807, 2.05) is 0 Å². The minimum absolute atomic E-state index is 0.0847. The first-order valence-corrected chi connectivity index (χ1v) is 7.79. The molecule has 1 aromatic rings. The van der Waals surface area contributed by atoms with E-state index in [1.54, 1.807) is 0 Å². The Morgan fingerprint density at radius 1 is 1.37 bits per heavy atom. The number of rotatable bonds is 4. The summed E-state index contributed by atoms with van der Waals surface area (Å²) >= 11 is 5.36. The molecule has 1 aromatic carbocycles. The topological polar surface area (TPSA) is 75.3 Å². The maximum absolute atomic E-state index is 13.8. The monoisotopic (exact) mass is 306 g/mol. The van der Waals surface area contributed by atoms with Gasteiger partial charge in [0, 0.05) is 18.0 Å². The van der Waals surface area contributed by atoms with Crippen molar-refractivity contribution in [2.45, 2.75) is 12.8 Å². The zero-order valence-corrected chi connectivity index (χ0v) is 11.4. The Morgan fingerprint density at radius 2 is 2.11 bits per heavy atom.